The van der Waals surface area contributed by atoms with Crippen molar-refractivity contribution in [1.82, 2.24) is 0 Å². The van der Waals surface area contributed by atoms with Crippen LogP contribution in [-0.2, 0) is 8.85 Å². The van der Waals surface area contributed by atoms with Crippen LogP contribution in [0.25, 0.3) is 0 Å². The van der Waals surface area contributed by atoms with Gasteiger partial charge in [0.1, 0.15) is 0 Å². The molecule has 0 saturated carbocycles. The molecule has 0 aromatic carbocycles. The third-order valence-electron chi connectivity index (χ3n) is 2.44. The summed E-state index contributed by atoms with van der Waals surface area (Å²) in [5.41, 5.74) is 0.841. The van der Waals surface area contributed by atoms with Crippen LogP contribution in [0.2, 0.25) is 5.54 Å². The maximum Gasteiger partial charge on any atom is 0.324 e. The second kappa shape index (κ2) is 5.78. The van der Waals surface area contributed by atoms with E-state index < -0.39 is 9.28 Å². The first kappa shape index (κ1) is 13.1. The van der Waals surface area contributed by atoms with Crippen molar-refractivity contribution in [2.24, 2.45) is 5.41 Å². The van der Waals surface area contributed by atoms with Gasteiger partial charge in [-0.1, -0.05) is 27.7 Å². The Morgan fingerprint density at radius 1 is 1.08 bits per heavy atom. The van der Waals surface area contributed by atoms with Crippen molar-refractivity contribution in [3.05, 3.63) is 0 Å². The fourth-order valence-electron chi connectivity index (χ4n) is 1.07. The molecule has 80 valence electrons. The first-order valence-electron chi connectivity index (χ1n) is 5.16. The van der Waals surface area contributed by atoms with Crippen LogP contribution in [-0.4, -0.2) is 22.5 Å². The average Bonchev–Trinajstić information content (AvgIpc) is 2.01. The minimum absolute atomic E-state index is 0.293. The van der Waals surface area contributed by atoms with Gasteiger partial charge in [-0.05, 0) is 19.3 Å². The van der Waals surface area contributed by atoms with E-state index in [1.807, 2.05) is 13.8 Å². The van der Waals surface area contributed by atoms with Gasteiger partial charge in [-0.25, -0.2) is 0 Å². The van der Waals surface area contributed by atoms with Gasteiger partial charge in [0.2, 0.25) is 0 Å². The van der Waals surface area contributed by atoms with Gasteiger partial charge in [-0.2, -0.15) is 0 Å². The highest BCUT2D eigenvalue weighted by Crippen LogP contribution is 2.33. The molecule has 0 saturated heterocycles. The SMILES string of the molecule is CCO[SiH](OCC)C(C)C(C)(C)C. The molecule has 0 aliphatic rings. The van der Waals surface area contributed by atoms with Crippen LogP contribution < -0.4 is 0 Å². The lowest BCUT2D eigenvalue weighted by atomic mass is 9.93. The number of hydrogen-bond acceptors (Lipinski definition) is 2. The van der Waals surface area contributed by atoms with Crippen LogP contribution in [0.5, 0.6) is 0 Å². The second-order valence-corrected chi connectivity index (χ2v) is 6.84. The standard InChI is InChI=1S/C10H24O2Si/c1-7-11-13(12-8-2)9(3)10(4,5)6/h9,13H,7-8H2,1-6H3. The quantitative estimate of drug-likeness (QED) is 0.641. The Kier molecular flexibility index (Phi) is 5.84. The van der Waals surface area contributed by atoms with E-state index in [4.69, 9.17) is 8.85 Å². The molecule has 0 radical (unpaired) electrons. The molecule has 13 heavy (non-hydrogen) atoms. The van der Waals surface area contributed by atoms with E-state index in [9.17, 15) is 0 Å². The minimum atomic E-state index is -1.45. The number of rotatable bonds is 5. The molecule has 0 aliphatic heterocycles. The molecule has 0 amide bonds. The average molecular weight is 204 g/mol. The van der Waals surface area contributed by atoms with Crippen molar-refractivity contribution in [3.63, 3.8) is 0 Å². The van der Waals surface area contributed by atoms with E-state index in [2.05, 4.69) is 27.7 Å². The normalized spacial score (nSPS) is 15.0. The summed E-state index contributed by atoms with van der Waals surface area (Å²) in [6.45, 7) is 14.6. The first-order chi connectivity index (χ1) is 5.93. The molecule has 0 rings (SSSR count). The summed E-state index contributed by atoms with van der Waals surface area (Å²) in [6.07, 6.45) is 0. The molecule has 0 aromatic heterocycles. The monoisotopic (exact) mass is 204 g/mol. The lowest BCUT2D eigenvalue weighted by Gasteiger charge is -2.32. The van der Waals surface area contributed by atoms with Gasteiger partial charge in [-0.15, -0.1) is 0 Å². The Morgan fingerprint density at radius 3 is 1.69 bits per heavy atom. The van der Waals surface area contributed by atoms with Gasteiger partial charge < -0.3 is 8.85 Å². The minimum Gasteiger partial charge on any atom is -0.397 e. The molecule has 2 nitrogen and oxygen atoms in total. The molecule has 0 spiro atoms. The van der Waals surface area contributed by atoms with E-state index in [0.29, 0.717) is 11.0 Å². The fourth-order valence-corrected chi connectivity index (χ4v) is 3.22. The van der Waals surface area contributed by atoms with Crippen LogP contribution in [0.3, 0.4) is 0 Å². The Morgan fingerprint density at radius 2 is 1.46 bits per heavy atom. The molecular formula is C10H24O2Si. The molecule has 0 aliphatic carbocycles. The van der Waals surface area contributed by atoms with Crippen molar-refractivity contribution in [2.45, 2.75) is 47.1 Å². The summed E-state index contributed by atoms with van der Waals surface area (Å²) in [7, 11) is -1.45. The van der Waals surface area contributed by atoms with E-state index in [-0.39, 0.29) is 0 Å². The highest BCUT2D eigenvalue weighted by Gasteiger charge is 2.31. The lowest BCUT2D eigenvalue weighted by molar-refractivity contribution is 0.184. The van der Waals surface area contributed by atoms with Gasteiger partial charge in [0.25, 0.3) is 0 Å². The molecule has 0 heterocycles. The molecule has 0 N–H and O–H groups in total. The fraction of sp³-hybridized carbons (Fsp3) is 1.00. The molecule has 0 aromatic rings. The van der Waals surface area contributed by atoms with Crippen LogP contribution in [0.1, 0.15) is 41.5 Å². The summed E-state index contributed by atoms with van der Waals surface area (Å²) in [5, 5.41) is 0. The van der Waals surface area contributed by atoms with Crippen LogP contribution in [0.4, 0.5) is 0 Å². The van der Waals surface area contributed by atoms with E-state index >= 15 is 0 Å². The van der Waals surface area contributed by atoms with E-state index in [1.54, 1.807) is 0 Å². The Balaban J connectivity index is 4.18. The Hall–Kier alpha value is 0.137. The topological polar surface area (TPSA) is 18.5 Å². The highest BCUT2D eigenvalue weighted by atomic mass is 28.3. The van der Waals surface area contributed by atoms with E-state index in [1.165, 1.54) is 0 Å². The van der Waals surface area contributed by atoms with Crippen molar-refractivity contribution in [1.29, 1.82) is 0 Å². The smallest absolute Gasteiger partial charge is 0.324 e. The summed E-state index contributed by atoms with van der Waals surface area (Å²) >= 11 is 0. The maximum atomic E-state index is 5.69. The summed E-state index contributed by atoms with van der Waals surface area (Å²) in [4.78, 5) is 0. The molecule has 1 unspecified atom stereocenters. The molecular weight excluding hydrogens is 180 g/mol. The Labute approximate surface area is 84.5 Å². The Bertz CT molecular complexity index is 125. The predicted octanol–water partition coefficient (Wildman–Crippen LogP) is 2.72. The van der Waals surface area contributed by atoms with Crippen LogP contribution >= 0.6 is 0 Å². The van der Waals surface area contributed by atoms with E-state index in [0.717, 1.165) is 13.2 Å². The maximum absolute atomic E-state index is 5.69. The number of hydrogen-bond donors (Lipinski definition) is 0. The van der Waals surface area contributed by atoms with Gasteiger partial charge in [-0.3, -0.25) is 0 Å². The summed E-state index contributed by atoms with van der Waals surface area (Å²) in [6, 6.07) is 0. The molecule has 1 atom stereocenters. The largest absolute Gasteiger partial charge is 0.397 e. The molecule has 3 heteroatoms. The zero-order valence-electron chi connectivity index (χ0n) is 9.89. The van der Waals surface area contributed by atoms with Gasteiger partial charge in [0.05, 0.1) is 0 Å². The van der Waals surface area contributed by atoms with Gasteiger partial charge in [0, 0.05) is 18.8 Å². The van der Waals surface area contributed by atoms with Crippen molar-refractivity contribution < 1.29 is 8.85 Å². The van der Waals surface area contributed by atoms with Gasteiger partial charge >= 0.3 is 9.28 Å². The van der Waals surface area contributed by atoms with Crippen molar-refractivity contribution >= 4 is 9.28 Å². The summed E-state index contributed by atoms with van der Waals surface area (Å²) < 4.78 is 11.4. The zero-order chi connectivity index (χ0) is 10.5. The summed E-state index contributed by atoms with van der Waals surface area (Å²) in [5.74, 6) is 0. The predicted molar refractivity (Wildman–Crippen MR) is 59.3 cm³/mol. The zero-order valence-corrected chi connectivity index (χ0v) is 11.0. The van der Waals surface area contributed by atoms with Crippen LogP contribution in [0, 0.1) is 5.41 Å². The first-order valence-corrected chi connectivity index (χ1v) is 6.77. The molecule has 0 fully saturated rings. The molecule has 0 bridgehead atoms. The van der Waals surface area contributed by atoms with Crippen LogP contribution in [0.15, 0.2) is 0 Å². The third kappa shape index (κ3) is 4.79. The third-order valence-corrected chi connectivity index (χ3v) is 5.58. The van der Waals surface area contributed by atoms with Crippen molar-refractivity contribution in [2.75, 3.05) is 13.2 Å². The second-order valence-electron chi connectivity index (χ2n) is 4.43. The lowest BCUT2D eigenvalue weighted by Crippen LogP contribution is -2.34. The highest BCUT2D eigenvalue weighted by molar-refractivity contribution is 6.46. The van der Waals surface area contributed by atoms with Gasteiger partial charge in [0.15, 0.2) is 0 Å². The van der Waals surface area contributed by atoms with Crippen molar-refractivity contribution in [3.8, 4) is 0 Å².